The van der Waals surface area contributed by atoms with E-state index in [1.807, 2.05) is 42.5 Å². The summed E-state index contributed by atoms with van der Waals surface area (Å²) in [5, 5.41) is 6.43. The summed E-state index contributed by atoms with van der Waals surface area (Å²) in [6.45, 7) is -0.140. The monoisotopic (exact) mass is 403 g/mol. The van der Waals surface area contributed by atoms with Crippen molar-refractivity contribution in [1.82, 2.24) is 10.7 Å². The third kappa shape index (κ3) is 6.39. The summed E-state index contributed by atoms with van der Waals surface area (Å²) in [7, 11) is 1.56. The van der Waals surface area contributed by atoms with Crippen molar-refractivity contribution in [1.29, 1.82) is 0 Å². The van der Waals surface area contributed by atoms with E-state index in [2.05, 4.69) is 31.8 Å². The van der Waals surface area contributed by atoms with Crippen LogP contribution < -0.4 is 15.5 Å². The first kappa shape index (κ1) is 18.7. The highest BCUT2D eigenvalue weighted by Crippen LogP contribution is 2.21. The number of halogens is 1. The smallest absolute Gasteiger partial charge is 0.259 e. The highest BCUT2D eigenvalue weighted by molar-refractivity contribution is 9.10. The minimum Gasteiger partial charge on any atom is -0.496 e. The molecule has 25 heavy (non-hydrogen) atoms. The number of benzene rings is 2. The molecule has 0 aliphatic heterocycles. The van der Waals surface area contributed by atoms with Gasteiger partial charge in [-0.25, -0.2) is 5.43 Å². The zero-order valence-corrected chi connectivity index (χ0v) is 15.2. The molecule has 0 saturated carbocycles. The molecular formula is C18H18BrN3O3. The molecule has 2 aromatic carbocycles. The number of carbonyl (C=O) groups excluding carboxylic acids is 2. The number of hydrogen-bond acceptors (Lipinski definition) is 4. The van der Waals surface area contributed by atoms with Gasteiger partial charge in [-0.3, -0.25) is 9.59 Å². The number of methoxy groups -OCH3 is 1. The van der Waals surface area contributed by atoms with Crippen molar-refractivity contribution in [3.63, 3.8) is 0 Å². The molecule has 0 spiro atoms. The predicted molar refractivity (Wildman–Crippen MR) is 99.6 cm³/mol. The maximum Gasteiger partial charge on any atom is 0.259 e. The van der Waals surface area contributed by atoms with Gasteiger partial charge in [0.1, 0.15) is 5.75 Å². The van der Waals surface area contributed by atoms with Crippen LogP contribution in [0.3, 0.4) is 0 Å². The second-order valence-electron chi connectivity index (χ2n) is 5.12. The summed E-state index contributed by atoms with van der Waals surface area (Å²) >= 11 is 3.36. The van der Waals surface area contributed by atoms with E-state index in [0.29, 0.717) is 11.3 Å². The van der Waals surface area contributed by atoms with Gasteiger partial charge >= 0.3 is 0 Å². The van der Waals surface area contributed by atoms with Gasteiger partial charge in [-0.1, -0.05) is 46.3 Å². The zero-order valence-electron chi connectivity index (χ0n) is 13.7. The van der Waals surface area contributed by atoms with E-state index >= 15 is 0 Å². The van der Waals surface area contributed by atoms with Crippen molar-refractivity contribution in [2.24, 2.45) is 5.10 Å². The molecule has 2 amide bonds. The van der Waals surface area contributed by atoms with Crippen LogP contribution in [0.4, 0.5) is 0 Å². The number of nitrogens with one attached hydrogen (secondary N) is 2. The summed E-state index contributed by atoms with van der Waals surface area (Å²) in [5.41, 5.74) is 3.97. The van der Waals surface area contributed by atoms with Gasteiger partial charge in [0, 0.05) is 10.0 Å². The maximum absolute atomic E-state index is 11.8. The lowest BCUT2D eigenvalue weighted by Gasteiger charge is -2.05. The molecule has 0 fully saturated rings. The summed E-state index contributed by atoms with van der Waals surface area (Å²) in [4.78, 5) is 23.5. The summed E-state index contributed by atoms with van der Waals surface area (Å²) in [6.07, 6.45) is 1.71. The average Bonchev–Trinajstić information content (AvgIpc) is 2.61. The molecule has 0 heterocycles. The van der Waals surface area contributed by atoms with Crippen molar-refractivity contribution in [2.75, 3.05) is 13.7 Å². The number of hydrogen-bond donors (Lipinski definition) is 2. The van der Waals surface area contributed by atoms with Crippen LogP contribution >= 0.6 is 15.9 Å². The Bertz CT molecular complexity index is 763. The molecule has 0 aliphatic carbocycles. The minimum absolute atomic E-state index is 0.140. The molecule has 2 aromatic rings. The molecule has 2 N–H and O–H groups in total. The summed E-state index contributed by atoms with van der Waals surface area (Å²) in [5.74, 6) is 0.00276. The molecule has 0 atom stereocenters. The van der Waals surface area contributed by atoms with E-state index in [1.54, 1.807) is 13.2 Å². The number of hydrazone groups is 1. The Kier molecular flexibility index (Phi) is 7.16. The van der Waals surface area contributed by atoms with Gasteiger partial charge in [-0.05, 0) is 23.8 Å². The standard InChI is InChI=1S/C18H18BrN3O3/c1-25-16-8-7-15(19)10-14(16)11-21-22-18(24)12-20-17(23)9-13-5-3-2-4-6-13/h2-8,10-11H,9,12H2,1H3,(H,20,23)(H,22,24). The van der Waals surface area contributed by atoms with E-state index in [0.717, 1.165) is 10.0 Å². The third-order valence-corrected chi connectivity index (χ3v) is 3.73. The fourth-order valence-corrected chi connectivity index (χ4v) is 2.42. The number of nitrogens with zero attached hydrogens (tertiary/aromatic N) is 1. The largest absolute Gasteiger partial charge is 0.496 e. The normalized spacial score (nSPS) is 10.5. The van der Waals surface area contributed by atoms with Gasteiger partial charge in [-0.15, -0.1) is 0 Å². The van der Waals surface area contributed by atoms with Crippen LogP contribution in [-0.4, -0.2) is 31.7 Å². The van der Waals surface area contributed by atoms with Crippen LogP contribution in [0.25, 0.3) is 0 Å². The van der Waals surface area contributed by atoms with Crippen molar-refractivity contribution in [2.45, 2.75) is 6.42 Å². The molecule has 0 unspecified atom stereocenters. The first-order valence-electron chi connectivity index (χ1n) is 7.54. The lowest BCUT2D eigenvalue weighted by atomic mass is 10.1. The number of ether oxygens (including phenoxy) is 1. The van der Waals surface area contributed by atoms with Crippen LogP contribution in [0.5, 0.6) is 5.75 Å². The maximum atomic E-state index is 11.8. The van der Waals surface area contributed by atoms with E-state index in [1.165, 1.54) is 6.21 Å². The second kappa shape index (κ2) is 9.58. The van der Waals surface area contributed by atoms with Crippen LogP contribution in [0.15, 0.2) is 58.1 Å². The van der Waals surface area contributed by atoms with Crippen LogP contribution in [-0.2, 0) is 16.0 Å². The fourth-order valence-electron chi connectivity index (χ4n) is 2.04. The Morgan fingerprint density at radius 1 is 1.16 bits per heavy atom. The Morgan fingerprint density at radius 2 is 1.92 bits per heavy atom. The van der Waals surface area contributed by atoms with Gasteiger partial charge in [0.25, 0.3) is 5.91 Å². The molecular weight excluding hydrogens is 386 g/mol. The molecule has 6 nitrogen and oxygen atoms in total. The van der Waals surface area contributed by atoms with Crippen molar-refractivity contribution in [3.8, 4) is 5.75 Å². The first-order chi connectivity index (χ1) is 12.1. The first-order valence-corrected chi connectivity index (χ1v) is 8.34. The molecule has 0 aromatic heterocycles. The van der Waals surface area contributed by atoms with Crippen LogP contribution in [0, 0.1) is 0 Å². The molecule has 7 heteroatoms. The lowest BCUT2D eigenvalue weighted by Crippen LogP contribution is -2.35. The lowest BCUT2D eigenvalue weighted by molar-refractivity contribution is -0.125. The highest BCUT2D eigenvalue weighted by atomic mass is 79.9. The van der Waals surface area contributed by atoms with Gasteiger partial charge in [0.2, 0.25) is 5.91 Å². The molecule has 0 radical (unpaired) electrons. The quantitative estimate of drug-likeness (QED) is 0.549. The summed E-state index contributed by atoms with van der Waals surface area (Å²) < 4.78 is 6.08. The SMILES string of the molecule is COc1ccc(Br)cc1C=NNC(=O)CNC(=O)Cc1ccccc1. The van der Waals surface area contributed by atoms with Gasteiger partial charge in [0.05, 0.1) is 26.3 Å². The minimum atomic E-state index is -0.411. The van der Waals surface area contributed by atoms with Gasteiger partial charge < -0.3 is 10.1 Å². The van der Waals surface area contributed by atoms with Crippen LogP contribution in [0.1, 0.15) is 11.1 Å². The van der Waals surface area contributed by atoms with Crippen molar-refractivity contribution >= 4 is 34.0 Å². The molecule has 130 valence electrons. The van der Waals surface area contributed by atoms with E-state index in [-0.39, 0.29) is 18.9 Å². The second-order valence-corrected chi connectivity index (χ2v) is 6.03. The predicted octanol–water partition coefficient (Wildman–Crippen LogP) is 2.27. The van der Waals surface area contributed by atoms with Gasteiger partial charge in [0.15, 0.2) is 0 Å². The topological polar surface area (TPSA) is 79.8 Å². The number of carbonyl (C=O) groups is 2. The van der Waals surface area contributed by atoms with E-state index in [4.69, 9.17) is 4.74 Å². The zero-order chi connectivity index (χ0) is 18.1. The Balaban J connectivity index is 1.79. The number of amides is 2. The van der Waals surface area contributed by atoms with Gasteiger partial charge in [-0.2, -0.15) is 5.10 Å². The van der Waals surface area contributed by atoms with E-state index in [9.17, 15) is 9.59 Å². The van der Waals surface area contributed by atoms with Crippen LogP contribution in [0.2, 0.25) is 0 Å². The Labute approximate surface area is 154 Å². The molecule has 0 bridgehead atoms. The average molecular weight is 404 g/mol. The summed E-state index contributed by atoms with van der Waals surface area (Å²) in [6, 6.07) is 14.8. The fraction of sp³-hybridized carbons (Fsp3) is 0.167. The highest BCUT2D eigenvalue weighted by Gasteiger charge is 2.06. The van der Waals surface area contributed by atoms with E-state index < -0.39 is 5.91 Å². The third-order valence-electron chi connectivity index (χ3n) is 3.24. The molecule has 0 saturated heterocycles. The molecule has 2 rings (SSSR count). The van der Waals surface area contributed by atoms with Crippen molar-refractivity contribution < 1.29 is 14.3 Å². The Hall–Kier alpha value is -2.67. The molecule has 0 aliphatic rings. The number of rotatable bonds is 7. The van der Waals surface area contributed by atoms with Crippen molar-refractivity contribution in [3.05, 3.63) is 64.1 Å². The Morgan fingerprint density at radius 3 is 2.64 bits per heavy atom.